The van der Waals surface area contributed by atoms with E-state index in [4.69, 9.17) is 21.1 Å². The summed E-state index contributed by atoms with van der Waals surface area (Å²) in [5.41, 5.74) is 6.01. The molecule has 1 atom stereocenters. The maximum atomic E-state index is 12.8. The van der Waals surface area contributed by atoms with Crippen LogP contribution in [0.4, 0.5) is 0 Å². The molecular formula is C26H22ClN3O5. The number of aliphatic hydroxyl groups is 1. The maximum absolute atomic E-state index is 12.8. The fourth-order valence-electron chi connectivity index (χ4n) is 3.42. The normalized spacial score (nSPS) is 11.9. The summed E-state index contributed by atoms with van der Waals surface area (Å²) in [7, 11) is 0. The number of carbonyl (C=O) groups is 2. The molecule has 0 aliphatic rings. The lowest BCUT2D eigenvalue weighted by molar-refractivity contribution is -0.148. The Hall–Kier alpha value is -3.98. The molecule has 0 saturated heterocycles. The SMILES string of the molecule is O=C(NN(Cc1ccc(-c2cccc(Cl)c2)cc1)C[C@@H](O)C(=O)O)c1cnc(-c2ccccc2)o1. The first-order valence-electron chi connectivity index (χ1n) is 10.7. The Morgan fingerprint density at radius 1 is 0.971 bits per heavy atom. The van der Waals surface area contributed by atoms with Gasteiger partial charge in [0.15, 0.2) is 6.10 Å². The largest absolute Gasteiger partial charge is 0.479 e. The number of aliphatic hydroxyl groups excluding tert-OH is 1. The highest BCUT2D eigenvalue weighted by molar-refractivity contribution is 6.30. The molecule has 3 N–H and O–H groups in total. The van der Waals surface area contributed by atoms with Gasteiger partial charge in [-0.2, -0.15) is 0 Å². The zero-order valence-electron chi connectivity index (χ0n) is 18.5. The van der Waals surface area contributed by atoms with Gasteiger partial charge >= 0.3 is 11.9 Å². The fourth-order valence-corrected chi connectivity index (χ4v) is 3.61. The molecule has 0 aliphatic carbocycles. The minimum absolute atomic E-state index is 0.0463. The van der Waals surface area contributed by atoms with Gasteiger partial charge in [0.2, 0.25) is 11.7 Å². The van der Waals surface area contributed by atoms with Crippen molar-refractivity contribution in [3.63, 3.8) is 0 Å². The molecule has 1 amide bonds. The number of nitrogens with one attached hydrogen (secondary N) is 1. The van der Waals surface area contributed by atoms with Crippen molar-refractivity contribution in [2.24, 2.45) is 0 Å². The van der Waals surface area contributed by atoms with Crippen molar-refractivity contribution >= 4 is 23.5 Å². The van der Waals surface area contributed by atoms with Crippen LogP contribution in [0.3, 0.4) is 0 Å². The number of amides is 1. The number of hydrogen-bond donors (Lipinski definition) is 3. The third kappa shape index (κ3) is 6.33. The number of benzene rings is 3. The Labute approximate surface area is 206 Å². The van der Waals surface area contributed by atoms with Crippen molar-refractivity contribution in [3.05, 3.63) is 101 Å². The second kappa shape index (κ2) is 11.0. The quantitative estimate of drug-likeness (QED) is 0.300. The van der Waals surface area contributed by atoms with Gasteiger partial charge in [-0.25, -0.2) is 14.8 Å². The van der Waals surface area contributed by atoms with Crippen LogP contribution in [-0.4, -0.2) is 44.7 Å². The first kappa shape index (κ1) is 24.2. The number of halogens is 1. The molecule has 9 heteroatoms. The summed E-state index contributed by atoms with van der Waals surface area (Å²) in [6.45, 7) is -0.192. The Morgan fingerprint density at radius 3 is 2.37 bits per heavy atom. The number of nitrogens with zero attached hydrogens (tertiary/aromatic N) is 2. The van der Waals surface area contributed by atoms with E-state index < -0.39 is 18.0 Å². The molecule has 0 fully saturated rings. The summed E-state index contributed by atoms with van der Waals surface area (Å²) in [5.74, 6) is -1.78. The van der Waals surface area contributed by atoms with Gasteiger partial charge in [0, 0.05) is 17.1 Å². The van der Waals surface area contributed by atoms with Crippen molar-refractivity contribution in [2.75, 3.05) is 6.54 Å². The lowest BCUT2D eigenvalue weighted by Gasteiger charge is -2.24. The van der Waals surface area contributed by atoms with E-state index in [2.05, 4.69) is 10.4 Å². The molecule has 1 heterocycles. The van der Waals surface area contributed by atoms with Crippen LogP contribution in [0, 0.1) is 0 Å². The van der Waals surface area contributed by atoms with Crippen LogP contribution < -0.4 is 5.43 Å². The molecule has 0 radical (unpaired) electrons. The van der Waals surface area contributed by atoms with Gasteiger partial charge in [-0.3, -0.25) is 10.2 Å². The fraction of sp³-hybridized carbons (Fsp3) is 0.115. The highest BCUT2D eigenvalue weighted by Gasteiger charge is 2.22. The van der Waals surface area contributed by atoms with Crippen LogP contribution in [0.25, 0.3) is 22.6 Å². The third-order valence-electron chi connectivity index (χ3n) is 5.17. The predicted molar refractivity (Wildman–Crippen MR) is 130 cm³/mol. The van der Waals surface area contributed by atoms with Gasteiger partial charge in [-0.1, -0.05) is 66.2 Å². The van der Waals surface area contributed by atoms with Crippen molar-refractivity contribution in [3.8, 4) is 22.6 Å². The number of hydrazine groups is 1. The van der Waals surface area contributed by atoms with E-state index in [0.29, 0.717) is 10.6 Å². The van der Waals surface area contributed by atoms with E-state index in [1.807, 2.05) is 60.7 Å². The highest BCUT2D eigenvalue weighted by atomic mass is 35.5. The molecule has 0 bridgehead atoms. The number of rotatable bonds is 9. The van der Waals surface area contributed by atoms with Crippen molar-refractivity contribution in [2.45, 2.75) is 12.6 Å². The van der Waals surface area contributed by atoms with Crippen LogP contribution in [0.2, 0.25) is 5.02 Å². The maximum Gasteiger partial charge on any atom is 0.333 e. The van der Waals surface area contributed by atoms with Crippen molar-refractivity contribution in [1.29, 1.82) is 0 Å². The standard InChI is InChI=1S/C26H22ClN3O5/c27-21-8-4-7-20(13-21)18-11-9-17(10-12-18)15-30(16-22(31)26(33)34)29-24(32)23-14-28-25(35-23)19-5-2-1-3-6-19/h1-14,22,31H,15-16H2,(H,29,32)(H,33,34)/t22-/m1/s1. The molecular weight excluding hydrogens is 470 g/mol. The smallest absolute Gasteiger partial charge is 0.333 e. The zero-order chi connectivity index (χ0) is 24.8. The summed E-state index contributed by atoms with van der Waals surface area (Å²) < 4.78 is 5.57. The van der Waals surface area contributed by atoms with E-state index in [0.717, 1.165) is 16.7 Å². The van der Waals surface area contributed by atoms with Gasteiger partial charge in [0.1, 0.15) is 0 Å². The lowest BCUT2D eigenvalue weighted by atomic mass is 10.0. The molecule has 0 unspecified atom stereocenters. The Balaban J connectivity index is 1.48. The number of aromatic nitrogens is 1. The monoisotopic (exact) mass is 491 g/mol. The minimum Gasteiger partial charge on any atom is -0.479 e. The first-order chi connectivity index (χ1) is 16.9. The molecule has 3 aromatic carbocycles. The lowest BCUT2D eigenvalue weighted by Crippen LogP contribution is -2.47. The molecule has 178 valence electrons. The molecule has 4 rings (SSSR count). The molecule has 0 aliphatic heterocycles. The number of aliphatic carboxylic acids is 1. The molecule has 0 spiro atoms. The van der Waals surface area contributed by atoms with Crippen molar-refractivity contribution < 1.29 is 24.2 Å². The summed E-state index contributed by atoms with van der Waals surface area (Å²) in [5, 5.41) is 21.0. The molecule has 8 nitrogen and oxygen atoms in total. The Kier molecular flexibility index (Phi) is 7.57. The Bertz CT molecular complexity index is 1310. The van der Waals surface area contributed by atoms with Gasteiger partial charge < -0.3 is 14.6 Å². The number of hydrogen-bond acceptors (Lipinski definition) is 6. The third-order valence-corrected chi connectivity index (χ3v) is 5.41. The molecule has 35 heavy (non-hydrogen) atoms. The second-order valence-corrected chi connectivity index (χ2v) is 8.21. The zero-order valence-corrected chi connectivity index (χ0v) is 19.2. The predicted octanol–water partition coefficient (Wildman–Crippen LogP) is 4.25. The number of oxazole rings is 1. The number of carboxylic acid groups (broad SMARTS) is 1. The van der Waals surface area contributed by atoms with Crippen molar-refractivity contribution in [1.82, 2.24) is 15.4 Å². The van der Waals surface area contributed by atoms with Gasteiger partial charge in [-0.05, 0) is 41.0 Å². The summed E-state index contributed by atoms with van der Waals surface area (Å²) in [6.07, 6.45) is -0.404. The van der Waals surface area contributed by atoms with E-state index in [1.165, 1.54) is 11.2 Å². The van der Waals surface area contributed by atoms with Crippen LogP contribution in [0.1, 0.15) is 16.1 Å². The Morgan fingerprint density at radius 2 is 1.69 bits per heavy atom. The first-order valence-corrected chi connectivity index (χ1v) is 11.1. The van der Waals surface area contributed by atoms with Crippen LogP contribution in [0.15, 0.2) is 89.5 Å². The van der Waals surface area contributed by atoms with E-state index in [-0.39, 0.29) is 24.7 Å². The van der Waals surface area contributed by atoms with Crippen LogP contribution in [-0.2, 0) is 11.3 Å². The van der Waals surface area contributed by atoms with E-state index in [9.17, 15) is 14.7 Å². The topological polar surface area (TPSA) is 116 Å². The molecule has 4 aromatic rings. The average Bonchev–Trinajstić information content (AvgIpc) is 3.35. The van der Waals surface area contributed by atoms with Gasteiger partial charge in [0.05, 0.1) is 12.7 Å². The number of carboxylic acids is 1. The summed E-state index contributed by atoms with van der Waals surface area (Å²) in [6, 6.07) is 24.1. The summed E-state index contributed by atoms with van der Waals surface area (Å²) in [4.78, 5) is 28.1. The van der Waals surface area contributed by atoms with Crippen LogP contribution >= 0.6 is 11.6 Å². The number of carbonyl (C=O) groups excluding carboxylic acids is 1. The van der Waals surface area contributed by atoms with Gasteiger partial charge in [-0.15, -0.1) is 0 Å². The van der Waals surface area contributed by atoms with Crippen LogP contribution in [0.5, 0.6) is 0 Å². The van der Waals surface area contributed by atoms with E-state index >= 15 is 0 Å². The highest BCUT2D eigenvalue weighted by Crippen LogP contribution is 2.23. The van der Waals surface area contributed by atoms with Gasteiger partial charge in [0.25, 0.3) is 0 Å². The molecule has 1 aromatic heterocycles. The minimum atomic E-state index is -1.70. The molecule has 0 saturated carbocycles. The average molecular weight is 492 g/mol. The summed E-state index contributed by atoms with van der Waals surface area (Å²) >= 11 is 6.07. The van der Waals surface area contributed by atoms with E-state index in [1.54, 1.807) is 18.2 Å². The second-order valence-electron chi connectivity index (χ2n) is 7.78.